The summed E-state index contributed by atoms with van der Waals surface area (Å²) >= 11 is 0. The number of aryl methyl sites for hydroxylation is 2. The molecule has 0 saturated carbocycles. The molecule has 0 aromatic carbocycles. The molecule has 0 atom stereocenters. The summed E-state index contributed by atoms with van der Waals surface area (Å²) in [5.41, 5.74) is 1.27. The average molecular weight is 161 g/mol. The van der Waals surface area contributed by atoms with E-state index >= 15 is 0 Å². The topological polar surface area (TPSA) is 27.7 Å². The Morgan fingerprint density at radius 2 is 2.08 bits per heavy atom. The lowest BCUT2D eigenvalue weighted by Gasteiger charge is -1.93. The van der Waals surface area contributed by atoms with Crippen molar-refractivity contribution in [2.24, 2.45) is 0 Å². The SMILES string of the molecule is Cc1cc[n+](CCCC#N)cc1. The van der Waals surface area contributed by atoms with Crippen LogP contribution in [0.5, 0.6) is 0 Å². The second-order valence-electron chi connectivity index (χ2n) is 2.87. The third kappa shape index (κ3) is 2.71. The third-order valence-corrected chi connectivity index (χ3v) is 1.76. The fourth-order valence-electron chi connectivity index (χ4n) is 1.02. The van der Waals surface area contributed by atoms with Gasteiger partial charge in [-0.2, -0.15) is 5.26 Å². The maximum absolute atomic E-state index is 8.33. The van der Waals surface area contributed by atoms with Crippen molar-refractivity contribution in [2.75, 3.05) is 0 Å². The van der Waals surface area contributed by atoms with E-state index < -0.39 is 0 Å². The van der Waals surface area contributed by atoms with Crippen molar-refractivity contribution in [3.63, 3.8) is 0 Å². The van der Waals surface area contributed by atoms with E-state index in [4.69, 9.17) is 5.26 Å². The second kappa shape index (κ2) is 4.50. The molecule has 0 fully saturated rings. The fourth-order valence-corrected chi connectivity index (χ4v) is 1.02. The molecule has 1 rings (SSSR count). The molecule has 2 nitrogen and oxygen atoms in total. The molecule has 0 unspecified atom stereocenters. The molecule has 12 heavy (non-hydrogen) atoms. The Balaban J connectivity index is 2.43. The molecule has 0 bridgehead atoms. The maximum Gasteiger partial charge on any atom is 0.169 e. The minimum Gasteiger partial charge on any atom is -0.205 e. The Labute approximate surface area is 73.1 Å². The maximum atomic E-state index is 8.33. The summed E-state index contributed by atoms with van der Waals surface area (Å²) in [6.45, 7) is 3.01. The van der Waals surface area contributed by atoms with Crippen LogP contribution in [0.3, 0.4) is 0 Å². The molecule has 1 aromatic rings. The van der Waals surface area contributed by atoms with Gasteiger partial charge in [-0.15, -0.1) is 0 Å². The summed E-state index contributed by atoms with van der Waals surface area (Å²) in [7, 11) is 0. The van der Waals surface area contributed by atoms with Crippen LogP contribution in [0.2, 0.25) is 0 Å². The first-order valence-electron chi connectivity index (χ1n) is 4.15. The highest BCUT2D eigenvalue weighted by Gasteiger charge is 1.97. The van der Waals surface area contributed by atoms with Gasteiger partial charge in [-0.05, 0) is 12.5 Å². The van der Waals surface area contributed by atoms with Gasteiger partial charge in [0, 0.05) is 25.0 Å². The van der Waals surface area contributed by atoms with Crippen molar-refractivity contribution >= 4 is 0 Å². The second-order valence-corrected chi connectivity index (χ2v) is 2.87. The Kier molecular flexibility index (Phi) is 3.28. The number of rotatable bonds is 3. The van der Waals surface area contributed by atoms with Gasteiger partial charge in [0.15, 0.2) is 12.4 Å². The number of hydrogen-bond donors (Lipinski definition) is 0. The largest absolute Gasteiger partial charge is 0.205 e. The lowest BCUT2D eigenvalue weighted by atomic mass is 10.3. The van der Waals surface area contributed by atoms with Gasteiger partial charge in [-0.3, -0.25) is 0 Å². The molecule has 62 valence electrons. The van der Waals surface area contributed by atoms with Crippen molar-refractivity contribution in [3.8, 4) is 6.07 Å². The van der Waals surface area contributed by atoms with E-state index in [-0.39, 0.29) is 0 Å². The smallest absolute Gasteiger partial charge is 0.169 e. The zero-order valence-electron chi connectivity index (χ0n) is 7.33. The Morgan fingerprint density at radius 1 is 1.42 bits per heavy atom. The Morgan fingerprint density at radius 3 is 2.67 bits per heavy atom. The molecule has 0 amide bonds. The minimum absolute atomic E-state index is 0.640. The van der Waals surface area contributed by atoms with E-state index in [2.05, 4.69) is 29.7 Å². The van der Waals surface area contributed by atoms with Gasteiger partial charge in [0.25, 0.3) is 0 Å². The molecule has 0 spiro atoms. The van der Waals surface area contributed by atoms with Crippen molar-refractivity contribution < 1.29 is 4.57 Å². The average Bonchev–Trinajstić information content (AvgIpc) is 2.09. The predicted octanol–water partition coefficient (Wildman–Crippen LogP) is 1.59. The van der Waals surface area contributed by atoms with Gasteiger partial charge in [-0.1, -0.05) is 0 Å². The summed E-state index contributed by atoms with van der Waals surface area (Å²) in [5.74, 6) is 0. The van der Waals surface area contributed by atoms with Gasteiger partial charge < -0.3 is 0 Å². The molecule has 1 aromatic heterocycles. The summed E-state index contributed by atoms with van der Waals surface area (Å²) in [6.07, 6.45) is 5.67. The molecular formula is C10H13N2+. The number of nitrogens with zero attached hydrogens (tertiary/aromatic N) is 2. The third-order valence-electron chi connectivity index (χ3n) is 1.76. The van der Waals surface area contributed by atoms with E-state index in [1.165, 1.54) is 5.56 Å². The molecule has 0 N–H and O–H groups in total. The number of nitriles is 1. The lowest BCUT2D eigenvalue weighted by Crippen LogP contribution is -2.32. The first kappa shape index (κ1) is 8.73. The van der Waals surface area contributed by atoms with Gasteiger partial charge in [-0.25, -0.2) is 4.57 Å². The van der Waals surface area contributed by atoms with E-state index in [1.54, 1.807) is 0 Å². The summed E-state index contributed by atoms with van der Waals surface area (Å²) in [4.78, 5) is 0. The molecule has 1 heterocycles. The highest BCUT2D eigenvalue weighted by molar-refractivity contribution is 5.03. The summed E-state index contributed by atoms with van der Waals surface area (Å²) < 4.78 is 2.10. The molecule has 0 aliphatic heterocycles. The van der Waals surface area contributed by atoms with Gasteiger partial charge in [0.05, 0.1) is 6.07 Å². The van der Waals surface area contributed by atoms with Gasteiger partial charge >= 0.3 is 0 Å². The monoisotopic (exact) mass is 161 g/mol. The van der Waals surface area contributed by atoms with Crippen LogP contribution in [-0.2, 0) is 6.54 Å². The number of aromatic nitrogens is 1. The molecule has 0 saturated heterocycles. The highest BCUT2D eigenvalue weighted by Crippen LogP contribution is 1.91. The van der Waals surface area contributed by atoms with Crippen LogP contribution in [0.25, 0.3) is 0 Å². The molecule has 0 radical (unpaired) electrons. The molecular weight excluding hydrogens is 148 g/mol. The van der Waals surface area contributed by atoms with Crippen LogP contribution in [-0.4, -0.2) is 0 Å². The van der Waals surface area contributed by atoms with Crippen molar-refractivity contribution in [1.29, 1.82) is 5.26 Å². The number of unbranched alkanes of at least 4 members (excludes halogenated alkanes) is 1. The van der Waals surface area contributed by atoms with Crippen molar-refractivity contribution in [1.82, 2.24) is 0 Å². The van der Waals surface area contributed by atoms with E-state index in [0.29, 0.717) is 6.42 Å². The van der Waals surface area contributed by atoms with Crippen LogP contribution >= 0.6 is 0 Å². The van der Waals surface area contributed by atoms with Crippen LogP contribution in [0.4, 0.5) is 0 Å². The summed E-state index contributed by atoms with van der Waals surface area (Å²) in [6, 6.07) is 6.29. The zero-order valence-corrected chi connectivity index (χ0v) is 7.33. The molecule has 0 aliphatic carbocycles. The van der Waals surface area contributed by atoms with E-state index in [0.717, 1.165) is 13.0 Å². The highest BCUT2D eigenvalue weighted by atomic mass is 14.9. The number of pyridine rings is 1. The fraction of sp³-hybridized carbons (Fsp3) is 0.400. The zero-order chi connectivity index (χ0) is 8.81. The van der Waals surface area contributed by atoms with Crippen LogP contribution in [0.1, 0.15) is 18.4 Å². The molecule has 2 heteroatoms. The van der Waals surface area contributed by atoms with Crippen LogP contribution in [0, 0.1) is 18.3 Å². The molecule has 0 aliphatic rings. The van der Waals surface area contributed by atoms with Crippen molar-refractivity contribution in [2.45, 2.75) is 26.3 Å². The first-order chi connectivity index (χ1) is 5.83. The van der Waals surface area contributed by atoms with Crippen molar-refractivity contribution in [3.05, 3.63) is 30.1 Å². The lowest BCUT2D eigenvalue weighted by molar-refractivity contribution is -0.697. The minimum atomic E-state index is 0.640. The van der Waals surface area contributed by atoms with Gasteiger partial charge in [0.1, 0.15) is 6.54 Å². The Bertz CT molecular complexity index is 269. The van der Waals surface area contributed by atoms with E-state index in [9.17, 15) is 0 Å². The normalized spacial score (nSPS) is 9.33. The van der Waals surface area contributed by atoms with Crippen LogP contribution in [0.15, 0.2) is 24.5 Å². The standard InChI is InChI=1S/C10H13N2/c1-10-4-8-12(9-5-10)7-3-2-6-11/h4-5,8-9H,2-3,7H2,1H3/q+1. The van der Waals surface area contributed by atoms with E-state index in [1.807, 2.05) is 12.4 Å². The Hall–Kier alpha value is -1.36. The van der Waals surface area contributed by atoms with Crippen LogP contribution < -0.4 is 4.57 Å². The quantitative estimate of drug-likeness (QED) is 0.488. The predicted molar refractivity (Wildman–Crippen MR) is 46.2 cm³/mol. The number of hydrogen-bond acceptors (Lipinski definition) is 1. The van der Waals surface area contributed by atoms with Gasteiger partial charge in [0.2, 0.25) is 0 Å². The first-order valence-corrected chi connectivity index (χ1v) is 4.15. The summed E-state index contributed by atoms with van der Waals surface area (Å²) in [5, 5.41) is 8.33.